The van der Waals surface area contributed by atoms with Crippen molar-refractivity contribution in [1.82, 2.24) is 5.43 Å². The number of carbonyl (C=O) groups excluding carboxylic acids is 1. The Morgan fingerprint density at radius 2 is 2.60 bits per heavy atom. The molecular formula is C5H6N3O2. The van der Waals surface area contributed by atoms with E-state index in [9.17, 15) is 4.79 Å². The topological polar surface area (TPSA) is 65.1 Å². The van der Waals surface area contributed by atoms with E-state index in [-0.39, 0.29) is 5.70 Å². The summed E-state index contributed by atoms with van der Waals surface area (Å²) in [4.78, 5) is 10.7. The first kappa shape index (κ1) is 6.73. The summed E-state index contributed by atoms with van der Waals surface area (Å²) in [6.45, 7) is 2.06. The summed E-state index contributed by atoms with van der Waals surface area (Å²) >= 11 is 0. The van der Waals surface area contributed by atoms with Gasteiger partial charge in [0.05, 0.1) is 12.8 Å². The Bertz CT molecular complexity index is 197. The normalized spacial score (nSPS) is 14.3. The van der Waals surface area contributed by atoms with E-state index in [1.807, 2.05) is 0 Å². The highest BCUT2D eigenvalue weighted by molar-refractivity contribution is 5.87. The van der Waals surface area contributed by atoms with Crippen LogP contribution in [-0.4, -0.2) is 12.6 Å². The maximum Gasteiger partial charge on any atom is 0.360 e. The number of nitrogens with zero attached hydrogens (tertiary/aromatic N) is 3. The smallest absolute Gasteiger partial charge is 0.360 e. The summed E-state index contributed by atoms with van der Waals surface area (Å²) < 4.78 is 4.60. The maximum absolute atomic E-state index is 10.7. The lowest BCUT2D eigenvalue weighted by molar-refractivity contribution is -0.138. The van der Waals surface area contributed by atoms with Crippen molar-refractivity contribution in [1.29, 1.82) is 0 Å². The number of ether oxygens (including phenoxy) is 1. The predicted molar refractivity (Wildman–Crippen MR) is 31.7 cm³/mol. The van der Waals surface area contributed by atoms with Gasteiger partial charge in [0.25, 0.3) is 0 Å². The molecule has 1 aliphatic rings. The van der Waals surface area contributed by atoms with E-state index in [0.717, 1.165) is 0 Å². The van der Waals surface area contributed by atoms with Gasteiger partial charge in [0.15, 0.2) is 5.70 Å². The fourth-order valence-corrected chi connectivity index (χ4v) is 0.479. The molecule has 0 amide bonds. The summed E-state index contributed by atoms with van der Waals surface area (Å²) in [6, 6.07) is 0. The molecule has 1 heterocycles. The number of rotatable bonds is 2. The quantitative estimate of drug-likeness (QED) is 0.520. The van der Waals surface area contributed by atoms with Gasteiger partial charge in [-0.1, -0.05) is 0 Å². The molecule has 5 heteroatoms. The van der Waals surface area contributed by atoms with Crippen molar-refractivity contribution in [2.24, 2.45) is 10.3 Å². The van der Waals surface area contributed by atoms with Gasteiger partial charge >= 0.3 is 5.97 Å². The Morgan fingerprint density at radius 3 is 3.10 bits per heavy atom. The molecule has 0 unspecified atom stereocenters. The Labute approximate surface area is 57.7 Å². The minimum Gasteiger partial charge on any atom is -0.461 e. The average molecular weight is 140 g/mol. The summed E-state index contributed by atoms with van der Waals surface area (Å²) in [5, 5.41) is 6.62. The van der Waals surface area contributed by atoms with Gasteiger partial charge in [-0.05, 0) is 12.1 Å². The molecule has 0 aromatic carbocycles. The molecule has 0 aromatic heterocycles. The van der Waals surface area contributed by atoms with Gasteiger partial charge in [0, 0.05) is 0 Å². The van der Waals surface area contributed by atoms with Gasteiger partial charge in [0.1, 0.15) is 0 Å². The third-order valence-electron chi connectivity index (χ3n) is 0.869. The number of hydrogen-bond acceptors (Lipinski definition) is 4. The maximum atomic E-state index is 10.7. The zero-order valence-corrected chi connectivity index (χ0v) is 5.44. The van der Waals surface area contributed by atoms with Crippen LogP contribution in [0.2, 0.25) is 0 Å². The molecule has 1 aliphatic heterocycles. The Morgan fingerprint density at radius 1 is 1.80 bits per heavy atom. The SMILES string of the molecule is CCOC(=O)C1=C[N]N=N1. The molecule has 5 nitrogen and oxygen atoms in total. The summed E-state index contributed by atoms with van der Waals surface area (Å²) in [5.41, 5.74) is 3.52. The molecule has 53 valence electrons. The third kappa shape index (κ3) is 1.31. The Kier molecular flexibility index (Phi) is 1.99. The molecule has 1 rings (SSSR count). The Balaban J connectivity index is 2.48. The van der Waals surface area contributed by atoms with Crippen LogP contribution in [-0.2, 0) is 9.53 Å². The first-order valence-corrected chi connectivity index (χ1v) is 2.82. The molecule has 1 radical (unpaired) electrons. The fourth-order valence-electron chi connectivity index (χ4n) is 0.479. The molecule has 0 aliphatic carbocycles. The van der Waals surface area contributed by atoms with Crippen LogP contribution in [0.5, 0.6) is 0 Å². The molecule has 0 spiro atoms. The minimum absolute atomic E-state index is 0.154. The van der Waals surface area contributed by atoms with E-state index >= 15 is 0 Å². The lowest BCUT2D eigenvalue weighted by atomic mass is 10.5. The second kappa shape index (κ2) is 2.95. The molecule has 10 heavy (non-hydrogen) atoms. The lowest BCUT2D eigenvalue weighted by Crippen LogP contribution is -2.04. The largest absolute Gasteiger partial charge is 0.461 e. The molecule has 0 N–H and O–H groups in total. The average Bonchev–Trinajstić information content (AvgIpc) is 2.38. The van der Waals surface area contributed by atoms with Gasteiger partial charge < -0.3 is 4.74 Å². The van der Waals surface area contributed by atoms with Crippen molar-refractivity contribution >= 4 is 5.97 Å². The minimum atomic E-state index is -0.479. The molecule has 0 saturated heterocycles. The summed E-state index contributed by atoms with van der Waals surface area (Å²) in [6.07, 6.45) is 1.26. The van der Waals surface area contributed by atoms with E-state index in [1.165, 1.54) is 6.20 Å². The zero-order chi connectivity index (χ0) is 7.40. The van der Waals surface area contributed by atoms with Gasteiger partial charge in [-0.15, -0.1) is 10.5 Å². The van der Waals surface area contributed by atoms with Crippen molar-refractivity contribution in [3.8, 4) is 0 Å². The molecule has 0 bridgehead atoms. The molecular weight excluding hydrogens is 134 g/mol. The highest BCUT2D eigenvalue weighted by Gasteiger charge is 2.12. The van der Waals surface area contributed by atoms with Crippen LogP contribution in [0, 0.1) is 0 Å². The van der Waals surface area contributed by atoms with E-state index in [1.54, 1.807) is 6.92 Å². The van der Waals surface area contributed by atoms with Crippen LogP contribution in [0.3, 0.4) is 0 Å². The molecule has 0 saturated carbocycles. The third-order valence-corrected chi connectivity index (χ3v) is 0.869. The van der Waals surface area contributed by atoms with Crippen molar-refractivity contribution in [3.05, 3.63) is 11.9 Å². The van der Waals surface area contributed by atoms with E-state index < -0.39 is 5.97 Å². The van der Waals surface area contributed by atoms with Gasteiger partial charge in [-0.25, -0.2) is 4.79 Å². The number of hydrogen-bond donors (Lipinski definition) is 0. The van der Waals surface area contributed by atoms with Gasteiger partial charge in [0.2, 0.25) is 0 Å². The number of carbonyl (C=O) groups is 1. The van der Waals surface area contributed by atoms with E-state index in [4.69, 9.17) is 0 Å². The molecule has 0 aromatic rings. The van der Waals surface area contributed by atoms with Crippen LogP contribution in [0.25, 0.3) is 0 Å². The first-order chi connectivity index (χ1) is 4.84. The van der Waals surface area contributed by atoms with E-state index in [2.05, 4.69) is 20.5 Å². The van der Waals surface area contributed by atoms with Crippen LogP contribution in [0.1, 0.15) is 6.92 Å². The number of esters is 1. The monoisotopic (exact) mass is 140 g/mol. The highest BCUT2D eigenvalue weighted by atomic mass is 16.5. The summed E-state index contributed by atoms with van der Waals surface area (Å²) in [7, 11) is 0. The first-order valence-electron chi connectivity index (χ1n) is 2.82. The molecule has 0 atom stereocenters. The van der Waals surface area contributed by atoms with Crippen molar-refractivity contribution in [2.45, 2.75) is 6.92 Å². The second-order valence-corrected chi connectivity index (χ2v) is 1.54. The Hall–Kier alpha value is -1.39. The van der Waals surface area contributed by atoms with Crippen LogP contribution >= 0.6 is 0 Å². The van der Waals surface area contributed by atoms with Crippen LogP contribution in [0.15, 0.2) is 22.2 Å². The van der Waals surface area contributed by atoms with Gasteiger partial charge in [-0.3, -0.25) is 0 Å². The van der Waals surface area contributed by atoms with Crippen LogP contribution < -0.4 is 5.43 Å². The second-order valence-electron chi connectivity index (χ2n) is 1.54. The lowest BCUT2D eigenvalue weighted by Gasteiger charge is -1.95. The van der Waals surface area contributed by atoms with Gasteiger partial charge in [-0.2, -0.15) is 0 Å². The predicted octanol–water partition coefficient (Wildman–Crippen LogP) is 0.376. The van der Waals surface area contributed by atoms with Crippen LogP contribution in [0.4, 0.5) is 0 Å². The zero-order valence-electron chi connectivity index (χ0n) is 5.44. The van der Waals surface area contributed by atoms with Crippen molar-refractivity contribution < 1.29 is 9.53 Å². The highest BCUT2D eigenvalue weighted by Crippen LogP contribution is 2.04. The van der Waals surface area contributed by atoms with Crippen molar-refractivity contribution in [2.75, 3.05) is 6.61 Å². The molecule has 0 fully saturated rings. The van der Waals surface area contributed by atoms with Crippen molar-refractivity contribution in [3.63, 3.8) is 0 Å². The summed E-state index contributed by atoms with van der Waals surface area (Å²) in [5.74, 6) is -0.479. The van der Waals surface area contributed by atoms with E-state index in [0.29, 0.717) is 6.61 Å². The fraction of sp³-hybridized carbons (Fsp3) is 0.400. The standard InChI is InChI=1S/C5H6N3O2/c1-2-10-5(9)4-3-6-8-7-4/h3H,2H2,1H3.